The van der Waals surface area contributed by atoms with Crippen molar-refractivity contribution in [2.24, 2.45) is 0 Å². The lowest BCUT2D eigenvalue weighted by Crippen LogP contribution is -2.18. The van der Waals surface area contributed by atoms with E-state index in [1.807, 2.05) is 36.7 Å². The quantitative estimate of drug-likeness (QED) is 0.709. The number of aromatic nitrogens is 2. The Morgan fingerprint density at radius 1 is 1.08 bits per heavy atom. The Hall–Kier alpha value is -2.38. The molecule has 0 fully saturated rings. The topological polar surface area (TPSA) is 60.6 Å². The molecule has 6 nitrogen and oxygen atoms in total. The van der Waals surface area contributed by atoms with Crippen molar-refractivity contribution in [1.29, 1.82) is 0 Å². The van der Waals surface area contributed by atoms with Gasteiger partial charge in [0.25, 0.3) is 5.89 Å². The minimum atomic E-state index is 0.577. The third-order valence-corrected chi connectivity index (χ3v) is 4.52. The molecule has 0 radical (unpaired) electrons. The lowest BCUT2D eigenvalue weighted by Gasteiger charge is -2.20. The van der Waals surface area contributed by atoms with Gasteiger partial charge in [0.1, 0.15) is 13.2 Å². The molecule has 7 heteroatoms. The van der Waals surface area contributed by atoms with E-state index in [0.29, 0.717) is 31.5 Å². The van der Waals surface area contributed by atoms with Crippen molar-refractivity contribution in [3.05, 3.63) is 47.2 Å². The summed E-state index contributed by atoms with van der Waals surface area (Å²) in [6, 6.07) is 9.97. The Morgan fingerprint density at radius 2 is 1.96 bits per heavy atom. The molecule has 1 aliphatic rings. The van der Waals surface area contributed by atoms with E-state index in [1.54, 1.807) is 11.3 Å². The Labute approximate surface area is 143 Å². The van der Waals surface area contributed by atoms with Crippen LogP contribution in [0.3, 0.4) is 0 Å². The highest BCUT2D eigenvalue weighted by molar-refractivity contribution is 7.13. The number of hydrogen-bond acceptors (Lipinski definition) is 7. The molecular weight excluding hydrogens is 326 g/mol. The number of benzene rings is 1. The number of fused-ring (bicyclic) bond motifs is 1. The van der Waals surface area contributed by atoms with Crippen molar-refractivity contribution in [3.8, 4) is 22.3 Å². The molecule has 0 amide bonds. The number of rotatable bonds is 5. The number of ether oxygens (including phenoxy) is 2. The molecule has 0 saturated carbocycles. The lowest BCUT2D eigenvalue weighted by molar-refractivity contribution is 0.171. The van der Waals surface area contributed by atoms with Gasteiger partial charge in [-0.1, -0.05) is 12.1 Å². The van der Waals surface area contributed by atoms with Crippen molar-refractivity contribution in [1.82, 2.24) is 15.1 Å². The van der Waals surface area contributed by atoms with E-state index >= 15 is 0 Å². The number of nitrogens with zero attached hydrogens (tertiary/aromatic N) is 3. The summed E-state index contributed by atoms with van der Waals surface area (Å²) in [7, 11) is 2.02. The summed E-state index contributed by atoms with van der Waals surface area (Å²) in [5, 5.41) is 10.2. The van der Waals surface area contributed by atoms with Crippen molar-refractivity contribution in [3.63, 3.8) is 0 Å². The average Bonchev–Trinajstić information content (AvgIpc) is 3.26. The van der Waals surface area contributed by atoms with Gasteiger partial charge in [0, 0.05) is 6.54 Å². The van der Waals surface area contributed by atoms with Crippen LogP contribution >= 0.6 is 11.3 Å². The second kappa shape index (κ2) is 6.62. The molecule has 124 valence electrons. The number of thiophene rings is 1. The van der Waals surface area contributed by atoms with E-state index in [9.17, 15) is 0 Å². The van der Waals surface area contributed by atoms with Crippen LogP contribution in [0, 0.1) is 0 Å². The average molecular weight is 343 g/mol. The van der Waals surface area contributed by atoms with E-state index in [1.165, 1.54) is 0 Å². The summed E-state index contributed by atoms with van der Waals surface area (Å²) in [6.07, 6.45) is 0. The fourth-order valence-corrected chi connectivity index (χ4v) is 3.25. The minimum absolute atomic E-state index is 0.577. The Balaban J connectivity index is 1.41. The molecule has 2 aromatic heterocycles. The maximum Gasteiger partial charge on any atom is 0.257 e. The van der Waals surface area contributed by atoms with Gasteiger partial charge in [-0.25, -0.2) is 0 Å². The minimum Gasteiger partial charge on any atom is -0.486 e. The van der Waals surface area contributed by atoms with Crippen LogP contribution in [0.15, 0.2) is 40.1 Å². The van der Waals surface area contributed by atoms with E-state index in [2.05, 4.69) is 21.2 Å². The maximum atomic E-state index is 5.73. The highest BCUT2D eigenvalue weighted by Crippen LogP contribution is 2.31. The molecule has 4 rings (SSSR count). The van der Waals surface area contributed by atoms with Crippen LogP contribution in [0.1, 0.15) is 11.5 Å². The summed E-state index contributed by atoms with van der Waals surface area (Å²) in [4.78, 5) is 3.11. The van der Waals surface area contributed by atoms with Crippen LogP contribution < -0.4 is 9.47 Å². The summed E-state index contributed by atoms with van der Waals surface area (Å²) in [5.41, 5.74) is 1.15. The smallest absolute Gasteiger partial charge is 0.257 e. The van der Waals surface area contributed by atoms with Gasteiger partial charge < -0.3 is 13.9 Å². The van der Waals surface area contributed by atoms with E-state index in [4.69, 9.17) is 13.9 Å². The molecule has 0 spiro atoms. The molecule has 0 aliphatic carbocycles. The standard InChI is InChI=1S/C17H17N3O3S/c1-20(10-12-4-5-13-14(9-12)22-7-6-21-13)11-16-18-19-17(23-16)15-3-2-8-24-15/h2-5,8-9H,6-7,10-11H2,1H3. The van der Waals surface area contributed by atoms with Gasteiger partial charge in [-0.15, -0.1) is 21.5 Å². The van der Waals surface area contributed by atoms with Gasteiger partial charge in [0.2, 0.25) is 5.89 Å². The normalized spacial score (nSPS) is 13.4. The molecule has 1 aliphatic heterocycles. The summed E-state index contributed by atoms with van der Waals surface area (Å²) < 4.78 is 16.9. The van der Waals surface area contributed by atoms with Crippen LogP contribution in [-0.2, 0) is 13.1 Å². The predicted octanol–water partition coefficient (Wildman–Crippen LogP) is 3.20. The van der Waals surface area contributed by atoms with Crippen LogP contribution in [-0.4, -0.2) is 35.4 Å². The highest BCUT2D eigenvalue weighted by Gasteiger charge is 2.14. The zero-order valence-corrected chi connectivity index (χ0v) is 14.1. The first kappa shape index (κ1) is 15.2. The Morgan fingerprint density at radius 3 is 2.79 bits per heavy atom. The van der Waals surface area contributed by atoms with Crippen molar-refractivity contribution in [2.75, 3.05) is 20.3 Å². The summed E-state index contributed by atoms with van der Waals surface area (Å²) in [6.45, 7) is 2.55. The SMILES string of the molecule is CN(Cc1ccc2c(c1)OCCO2)Cc1nnc(-c2cccs2)o1. The molecule has 3 heterocycles. The Bertz CT molecular complexity index is 816. The third-order valence-electron chi connectivity index (χ3n) is 3.66. The van der Waals surface area contributed by atoms with Crippen LogP contribution in [0.4, 0.5) is 0 Å². The zero-order chi connectivity index (χ0) is 16.4. The van der Waals surface area contributed by atoms with Crippen LogP contribution in [0.5, 0.6) is 11.5 Å². The monoisotopic (exact) mass is 343 g/mol. The molecule has 3 aromatic rings. The van der Waals surface area contributed by atoms with Gasteiger partial charge in [0.15, 0.2) is 11.5 Å². The van der Waals surface area contributed by atoms with E-state index in [-0.39, 0.29) is 0 Å². The van der Waals surface area contributed by atoms with Gasteiger partial charge in [0.05, 0.1) is 11.4 Å². The lowest BCUT2D eigenvalue weighted by atomic mass is 10.2. The third kappa shape index (κ3) is 3.27. The summed E-state index contributed by atoms with van der Waals surface area (Å²) in [5.74, 6) is 2.81. The molecule has 1 aromatic carbocycles. The van der Waals surface area contributed by atoms with E-state index < -0.39 is 0 Å². The molecular formula is C17H17N3O3S. The first-order chi connectivity index (χ1) is 11.8. The highest BCUT2D eigenvalue weighted by atomic mass is 32.1. The molecule has 0 unspecified atom stereocenters. The van der Waals surface area contributed by atoms with Crippen molar-refractivity contribution in [2.45, 2.75) is 13.1 Å². The molecule has 0 saturated heterocycles. The largest absolute Gasteiger partial charge is 0.486 e. The second-order valence-electron chi connectivity index (χ2n) is 5.63. The second-order valence-corrected chi connectivity index (χ2v) is 6.58. The fourth-order valence-electron chi connectivity index (χ4n) is 2.60. The van der Waals surface area contributed by atoms with Crippen LogP contribution in [0.25, 0.3) is 10.8 Å². The fraction of sp³-hybridized carbons (Fsp3) is 0.294. The van der Waals surface area contributed by atoms with Gasteiger partial charge >= 0.3 is 0 Å². The summed E-state index contributed by atoms with van der Waals surface area (Å²) >= 11 is 1.59. The molecule has 24 heavy (non-hydrogen) atoms. The first-order valence-corrected chi connectivity index (χ1v) is 8.59. The Kier molecular flexibility index (Phi) is 4.18. The maximum absolute atomic E-state index is 5.73. The van der Waals surface area contributed by atoms with E-state index in [0.717, 1.165) is 28.5 Å². The zero-order valence-electron chi connectivity index (χ0n) is 13.3. The molecule has 0 bridgehead atoms. The van der Waals surface area contributed by atoms with Gasteiger partial charge in [-0.05, 0) is 36.2 Å². The molecule has 0 N–H and O–H groups in total. The predicted molar refractivity (Wildman–Crippen MR) is 90.2 cm³/mol. The molecule has 0 atom stereocenters. The van der Waals surface area contributed by atoms with Crippen molar-refractivity contribution >= 4 is 11.3 Å². The van der Waals surface area contributed by atoms with Crippen LogP contribution in [0.2, 0.25) is 0 Å². The first-order valence-electron chi connectivity index (χ1n) is 7.71. The number of hydrogen-bond donors (Lipinski definition) is 0. The van der Waals surface area contributed by atoms with Gasteiger partial charge in [-0.3, -0.25) is 4.90 Å². The van der Waals surface area contributed by atoms with Gasteiger partial charge in [-0.2, -0.15) is 0 Å². The van der Waals surface area contributed by atoms with Crippen molar-refractivity contribution < 1.29 is 13.9 Å².